The van der Waals surface area contributed by atoms with E-state index in [-0.39, 0.29) is 10.6 Å². The number of hydrogen-bond acceptors (Lipinski definition) is 6. The fourth-order valence-corrected chi connectivity index (χ4v) is 2.68. The Hall–Kier alpha value is -2.37. The first kappa shape index (κ1) is 20.7. The van der Waals surface area contributed by atoms with E-state index in [1.807, 2.05) is 6.07 Å². The number of carboxylic acid groups (broad SMARTS) is 1. The maximum absolute atomic E-state index is 11.4. The molecule has 1 aromatic rings. The molecule has 1 rings (SSSR count). The second kappa shape index (κ2) is 8.64. The zero-order valence-electron chi connectivity index (χ0n) is 15.4. The zero-order chi connectivity index (χ0) is 19.1. The molecule has 0 aliphatic heterocycles. The highest BCUT2D eigenvalue weighted by molar-refractivity contribution is 6.74. The number of carbonyl (C=O) groups is 1. The number of hydrazine groups is 1. The Bertz CT molecular complexity index is 675. The van der Waals surface area contributed by atoms with Crippen molar-refractivity contribution in [3.05, 3.63) is 35.7 Å². The molecule has 0 aromatic carbocycles. The van der Waals surface area contributed by atoms with Crippen LogP contribution in [0.3, 0.4) is 0 Å². The van der Waals surface area contributed by atoms with Gasteiger partial charge in [-0.05, 0) is 30.3 Å². The van der Waals surface area contributed by atoms with E-state index >= 15 is 0 Å². The topological polar surface area (TPSA) is 107 Å². The molecule has 8 heteroatoms. The number of aromatic nitrogens is 1. The van der Waals surface area contributed by atoms with Crippen molar-refractivity contribution in [3.63, 3.8) is 0 Å². The van der Waals surface area contributed by atoms with Gasteiger partial charge in [-0.2, -0.15) is 5.26 Å². The van der Waals surface area contributed by atoms with Crippen LogP contribution in [0.4, 0.5) is 5.82 Å². The highest BCUT2D eigenvalue weighted by Crippen LogP contribution is 2.36. The summed E-state index contributed by atoms with van der Waals surface area (Å²) < 4.78 is 6.01. The number of anilines is 1. The van der Waals surface area contributed by atoms with E-state index in [2.05, 4.69) is 49.7 Å². The van der Waals surface area contributed by atoms with E-state index in [0.29, 0.717) is 24.4 Å². The van der Waals surface area contributed by atoms with E-state index in [0.717, 1.165) is 0 Å². The first-order valence-corrected chi connectivity index (χ1v) is 10.9. The highest BCUT2D eigenvalue weighted by atomic mass is 28.4. The predicted molar refractivity (Wildman–Crippen MR) is 99.2 cm³/mol. The van der Waals surface area contributed by atoms with Crippen LogP contribution in [-0.2, 0) is 9.22 Å². The van der Waals surface area contributed by atoms with Gasteiger partial charge in [0.05, 0.1) is 17.2 Å². The van der Waals surface area contributed by atoms with Gasteiger partial charge in [0.25, 0.3) is 0 Å². The standard InChI is InChI=1S/C17H26N4O3Si/c1-17(2,3)25(4,5)24-9-7-14(16(22)23)12-20-21-15-10-13(11-18)6-8-19-15/h6,8,10,12,20H,7,9H2,1-5H3,(H,19,21)(H,22,23)/b14-12+. The van der Waals surface area contributed by atoms with E-state index in [9.17, 15) is 9.90 Å². The van der Waals surface area contributed by atoms with Crippen LogP contribution >= 0.6 is 0 Å². The van der Waals surface area contributed by atoms with Crippen LogP contribution < -0.4 is 10.9 Å². The molecule has 0 amide bonds. The van der Waals surface area contributed by atoms with Crippen molar-refractivity contribution < 1.29 is 14.3 Å². The van der Waals surface area contributed by atoms with Crippen molar-refractivity contribution in [2.75, 3.05) is 12.0 Å². The number of carboxylic acids is 1. The molecule has 1 aromatic heterocycles. The molecule has 1 heterocycles. The fourth-order valence-electron chi connectivity index (χ4n) is 1.64. The molecule has 0 unspecified atom stereocenters. The average Bonchev–Trinajstić information content (AvgIpc) is 2.52. The maximum Gasteiger partial charge on any atom is 0.333 e. The minimum atomic E-state index is -1.90. The quantitative estimate of drug-likeness (QED) is 0.370. The molecule has 25 heavy (non-hydrogen) atoms. The van der Waals surface area contributed by atoms with Gasteiger partial charge in [-0.25, -0.2) is 9.78 Å². The lowest BCUT2D eigenvalue weighted by Gasteiger charge is -2.36. The normalized spacial score (nSPS) is 12.4. The van der Waals surface area contributed by atoms with Crippen LogP contribution in [0.25, 0.3) is 0 Å². The summed E-state index contributed by atoms with van der Waals surface area (Å²) in [6.07, 6.45) is 3.16. The Kier molecular flexibility index (Phi) is 7.15. The van der Waals surface area contributed by atoms with Gasteiger partial charge in [-0.3, -0.25) is 5.43 Å². The van der Waals surface area contributed by atoms with Gasteiger partial charge in [-0.1, -0.05) is 20.8 Å². The first-order valence-electron chi connectivity index (χ1n) is 8.01. The summed E-state index contributed by atoms with van der Waals surface area (Å²) in [7, 11) is -1.90. The van der Waals surface area contributed by atoms with E-state index < -0.39 is 14.3 Å². The molecule has 0 aliphatic rings. The Morgan fingerprint density at radius 2 is 2.16 bits per heavy atom. The largest absolute Gasteiger partial charge is 0.478 e. The number of aliphatic carboxylic acids is 1. The van der Waals surface area contributed by atoms with Crippen molar-refractivity contribution in [1.82, 2.24) is 10.4 Å². The summed E-state index contributed by atoms with van der Waals surface area (Å²) >= 11 is 0. The monoisotopic (exact) mass is 362 g/mol. The molecule has 0 bridgehead atoms. The third-order valence-electron chi connectivity index (χ3n) is 4.25. The van der Waals surface area contributed by atoms with Gasteiger partial charge in [0.15, 0.2) is 8.32 Å². The van der Waals surface area contributed by atoms with Gasteiger partial charge in [0, 0.05) is 25.4 Å². The molecule has 3 N–H and O–H groups in total. The molecule has 7 nitrogen and oxygen atoms in total. The molecule has 0 fully saturated rings. The Labute approximate surface area is 149 Å². The van der Waals surface area contributed by atoms with Crippen molar-refractivity contribution in [2.45, 2.75) is 45.3 Å². The number of nitriles is 1. The van der Waals surface area contributed by atoms with Crippen molar-refractivity contribution in [2.24, 2.45) is 0 Å². The molecule has 0 saturated heterocycles. The van der Waals surface area contributed by atoms with Crippen LogP contribution in [-0.4, -0.2) is 31.0 Å². The van der Waals surface area contributed by atoms with Crippen LogP contribution in [0, 0.1) is 11.3 Å². The van der Waals surface area contributed by atoms with Gasteiger partial charge < -0.3 is 15.0 Å². The Morgan fingerprint density at radius 1 is 1.48 bits per heavy atom. The SMILES string of the molecule is CC(C)(C)[Si](C)(C)OCC/C(=C\NNc1cc(C#N)ccn1)C(=O)O. The Balaban J connectivity index is 2.60. The van der Waals surface area contributed by atoms with Crippen LogP contribution in [0.5, 0.6) is 0 Å². The van der Waals surface area contributed by atoms with Crippen molar-refractivity contribution in [1.29, 1.82) is 5.26 Å². The smallest absolute Gasteiger partial charge is 0.333 e. The number of nitrogens with zero attached hydrogens (tertiary/aromatic N) is 2. The third kappa shape index (κ3) is 6.56. The number of rotatable bonds is 8. The van der Waals surface area contributed by atoms with Gasteiger partial charge in [0.1, 0.15) is 5.82 Å². The van der Waals surface area contributed by atoms with Crippen molar-refractivity contribution >= 4 is 20.1 Å². The lowest BCUT2D eigenvalue weighted by molar-refractivity contribution is -0.132. The maximum atomic E-state index is 11.4. The molecular weight excluding hydrogens is 336 g/mol. The first-order chi connectivity index (χ1) is 11.6. The molecule has 0 aliphatic carbocycles. The highest BCUT2D eigenvalue weighted by Gasteiger charge is 2.36. The lowest BCUT2D eigenvalue weighted by Crippen LogP contribution is -2.41. The molecular formula is C17H26N4O3Si. The predicted octanol–water partition coefficient (Wildman–Crippen LogP) is 3.25. The summed E-state index contributed by atoms with van der Waals surface area (Å²) in [6.45, 7) is 11.0. The molecule has 0 radical (unpaired) electrons. The summed E-state index contributed by atoms with van der Waals surface area (Å²) in [5, 5.41) is 18.2. The summed E-state index contributed by atoms with van der Waals surface area (Å²) in [5.74, 6) is -0.579. The minimum absolute atomic E-state index is 0.0807. The lowest BCUT2D eigenvalue weighted by atomic mass is 10.2. The Morgan fingerprint density at radius 3 is 2.72 bits per heavy atom. The summed E-state index contributed by atoms with van der Waals surface area (Å²) in [6, 6.07) is 5.15. The summed E-state index contributed by atoms with van der Waals surface area (Å²) in [5.41, 5.74) is 6.11. The number of pyridine rings is 1. The average molecular weight is 363 g/mol. The fraction of sp³-hybridized carbons (Fsp3) is 0.471. The van der Waals surface area contributed by atoms with Crippen molar-refractivity contribution in [3.8, 4) is 6.07 Å². The van der Waals surface area contributed by atoms with Gasteiger partial charge >= 0.3 is 5.97 Å². The molecule has 0 saturated carbocycles. The summed E-state index contributed by atoms with van der Waals surface area (Å²) in [4.78, 5) is 15.4. The van der Waals surface area contributed by atoms with Crippen LogP contribution in [0.15, 0.2) is 30.1 Å². The van der Waals surface area contributed by atoms with Crippen LogP contribution in [0.1, 0.15) is 32.8 Å². The molecule has 0 atom stereocenters. The minimum Gasteiger partial charge on any atom is -0.478 e. The molecule has 0 spiro atoms. The van der Waals surface area contributed by atoms with E-state index in [1.165, 1.54) is 12.4 Å². The van der Waals surface area contributed by atoms with E-state index in [4.69, 9.17) is 9.69 Å². The molecule has 136 valence electrons. The second-order valence-corrected chi connectivity index (χ2v) is 12.0. The third-order valence-corrected chi connectivity index (χ3v) is 8.79. The second-order valence-electron chi connectivity index (χ2n) is 7.14. The zero-order valence-corrected chi connectivity index (χ0v) is 16.4. The number of hydrogen-bond donors (Lipinski definition) is 3. The number of nitrogens with one attached hydrogen (secondary N) is 2. The van der Waals surface area contributed by atoms with Crippen LogP contribution in [0.2, 0.25) is 18.1 Å². The van der Waals surface area contributed by atoms with Gasteiger partial charge in [0.2, 0.25) is 0 Å². The van der Waals surface area contributed by atoms with E-state index in [1.54, 1.807) is 12.1 Å². The van der Waals surface area contributed by atoms with Gasteiger partial charge in [-0.15, -0.1) is 0 Å².